The molecule has 1 heterocycles. The number of nitrogens with one attached hydrogen (secondary N) is 1. The average Bonchev–Trinajstić information content (AvgIpc) is 2.86. The molecule has 0 fully saturated rings. The van der Waals surface area contributed by atoms with Crippen LogP contribution in [0.4, 0.5) is 4.39 Å². The monoisotopic (exact) mass is 279 g/mol. The third kappa shape index (κ3) is 4.18. The molecule has 2 rings (SSSR count). The zero-order chi connectivity index (χ0) is 13.5. The number of benzene rings is 1. The summed E-state index contributed by atoms with van der Waals surface area (Å²) >= 11 is 1.35. The number of thioether (sulfide) groups is 1. The Morgan fingerprint density at radius 2 is 2.26 bits per heavy atom. The van der Waals surface area contributed by atoms with Gasteiger partial charge >= 0.3 is 0 Å². The van der Waals surface area contributed by atoms with Crippen LogP contribution in [0, 0.1) is 5.82 Å². The molecule has 19 heavy (non-hydrogen) atoms. The van der Waals surface area contributed by atoms with Gasteiger partial charge in [-0.25, -0.2) is 4.39 Å². The molecule has 6 heteroatoms. The Hall–Kier alpha value is -1.66. The molecule has 0 saturated heterocycles. The van der Waals surface area contributed by atoms with Crippen LogP contribution >= 0.6 is 11.8 Å². The molecule has 0 atom stereocenters. The molecule has 0 amide bonds. The van der Waals surface area contributed by atoms with E-state index < -0.39 is 0 Å². The summed E-state index contributed by atoms with van der Waals surface area (Å²) in [6, 6.07) is 6.62. The molecule has 0 bridgehead atoms. The van der Waals surface area contributed by atoms with E-state index in [2.05, 4.69) is 22.0 Å². The van der Waals surface area contributed by atoms with E-state index in [0.29, 0.717) is 35.5 Å². The highest BCUT2D eigenvalue weighted by Gasteiger charge is 2.08. The van der Waals surface area contributed by atoms with Gasteiger partial charge in [-0.1, -0.05) is 23.4 Å². The van der Waals surface area contributed by atoms with Crippen molar-refractivity contribution in [1.29, 1.82) is 0 Å². The van der Waals surface area contributed by atoms with Crippen LogP contribution in [-0.2, 0) is 12.3 Å². The second-order valence-corrected chi connectivity index (χ2v) is 4.76. The zero-order valence-electron chi connectivity index (χ0n) is 10.3. The number of hydrogen-bond acceptors (Lipinski definition) is 5. The van der Waals surface area contributed by atoms with Gasteiger partial charge in [0.25, 0.3) is 0 Å². The van der Waals surface area contributed by atoms with E-state index in [1.165, 1.54) is 17.8 Å². The van der Waals surface area contributed by atoms with Crippen LogP contribution in [0.5, 0.6) is 0 Å². The molecule has 4 nitrogen and oxygen atoms in total. The summed E-state index contributed by atoms with van der Waals surface area (Å²) in [5.74, 6) is 1.32. The van der Waals surface area contributed by atoms with Gasteiger partial charge in [0, 0.05) is 11.4 Å². The molecule has 0 aliphatic rings. The maximum absolute atomic E-state index is 13.4. The van der Waals surface area contributed by atoms with Crippen LogP contribution in [0.1, 0.15) is 11.7 Å². The Balaban J connectivity index is 1.86. The molecule has 1 aromatic carbocycles. The minimum absolute atomic E-state index is 0.233. The third-order valence-electron chi connectivity index (χ3n) is 2.27. The van der Waals surface area contributed by atoms with E-state index in [-0.39, 0.29) is 5.82 Å². The van der Waals surface area contributed by atoms with Crippen LogP contribution in [0.15, 0.2) is 46.3 Å². The minimum atomic E-state index is -0.233. The van der Waals surface area contributed by atoms with Crippen molar-refractivity contribution in [3.63, 3.8) is 0 Å². The Bertz CT molecular complexity index is 544. The van der Waals surface area contributed by atoms with Crippen molar-refractivity contribution in [3.8, 4) is 0 Å². The number of aromatic nitrogens is 2. The lowest BCUT2D eigenvalue weighted by Crippen LogP contribution is -2.12. The van der Waals surface area contributed by atoms with Gasteiger partial charge in [0.2, 0.25) is 5.89 Å². The molecule has 1 N–H and O–H groups in total. The number of hydrogen-bond donors (Lipinski definition) is 1. The van der Waals surface area contributed by atoms with Crippen molar-refractivity contribution in [1.82, 2.24) is 15.5 Å². The minimum Gasteiger partial charge on any atom is -0.338 e. The highest BCUT2D eigenvalue weighted by Crippen LogP contribution is 2.23. The van der Waals surface area contributed by atoms with Crippen LogP contribution in [0.3, 0.4) is 0 Å². The van der Waals surface area contributed by atoms with E-state index in [9.17, 15) is 4.39 Å². The van der Waals surface area contributed by atoms with Gasteiger partial charge in [-0.15, -0.1) is 18.3 Å². The fraction of sp³-hybridized carbons (Fsp3) is 0.231. The fourth-order valence-corrected chi connectivity index (χ4v) is 2.19. The molecule has 0 aliphatic heterocycles. The van der Waals surface area contributed by atoms with E-state index in [1.807, 2.05) is 0 Å². The number of halogens is 1. The quantitative estimate of drug-likeness (QED) is 0.480. The van der Waals surface area contributed by atoms with E-state index >= 15 is 0 Å². The van der Waals surface area contributed by atoms with Gasteiger partial charge in [0.05, 0.1) is 12.3 Å². The summed E-state index contributed by atoms with van der Waals surface area (Å²) in [5.41, 5.74) is 0. The summed E-state index contributed by atoms with van der Waals surface area (Å²) in [6.07, 6.45) is 1.76. The van der Waals surface area contributed by atoms with Crippen molar-refractivity contribution >= 4 is 11.8 Å². The molecule has 1 aromatic heterocycles. The smallest absolute Gasteiger partial charge is 0.240 e. The largest absolute Gasteiger partial charge is 0.338 e. The standard InChI is InChI=1S/C13H14FN3OS/c1-2-7-15-8-13-16-12(17-18-13)9-19-11-6-4-3-5-10(11)14/h2-6,15H,1,7-9H2. The number of rotatable bonds is 7. The number of nitrogens with zero attached hydrogens (tertiary/aromatic N) is 2. The fourth-order valence-electron chi connectivity index (χ4n) is 1.41. The summed E-state index contributed by atoms with van der Waals surface area (Å²) < 4.78 is 18.5. The first-order valence-corrected chi connectivity index (χ1v) is 6.78. The SMILES string of the molecule is C=CCNCc1nc(CSc2ccccc2F)no1. The summed E-state index contributed by atoms with van der Waals surface area (Å²) in [4.78, 5) is 4.79. The lowest BCUT2D eigenvalue weighted by molar-refractivity contribution is 0.366. The predicted molar refractivity (Wildman–Crippen MR) is 72.2 cm³/mol. The molecule has 0 unspecified atom stereocenters. The topological polar surface area (TPSA) is 51.0 Å². The van der Waals surface area contributed by atoms with Crippen molar-refractivity contribution in [2.45, 2.75) is 17.2 Å². The molecule has 0 spiro atoms. The molecule has 0 saturated carbocycles. The van der Waals surface area contributed by atoms with E-state index in [1.54, 1.807) is 24.3 Å². The van der Waals surface area contributed by atoms with Crippen LogP contribution < -0.4 is 5.32 Å². The van der Waals surface area contributed by atoms with Crippen molar-refractivity contribution < 1.29 is 8.91 Å². The molecule has 100 valence electrons. The van der Waals surface area contributed by atoms with Crippen LogP contribution in [0.2, 0.25) is 0 Å². The maximum atomic E-state index is 13.4. The summed E-state index contributed by atoms with van der Waals surface area (Å²) in [7, 11) is 0. The molecule has 0 aliphatic carbocycles. The van der Waals surface area contributed by atoms with Gasteiger partial charge in [-0.05, 0) is 12.1 Å². The first-order valence-electron chi connectivity index (χ1n) is 5.80. The normalized spacial score (nSPS) is 10.6. The second kappa shape index (κ2) is 7.06. The highest BCUT2D eigenvalue weighted by molar-refractivity contribution is 7.98. The second-order valence-electron chi connectivity index (χ2n) is 3.74. The Morgan fingerprint density at radius 3 is 3.05 bits per heavy atom. The van der Waals surface area contributed by atoms with Crippen molar-refractivity contribution in [3.05, 3.63) is 54.5 Å². The predicted octanol–water partition coefficient (Wildman–Crippen LogP) is 2.78. The first-order chi connectivity index (χ1) is 9.29. The van der Waals surface area contributed by atoms with Crippen molar-refractivity contribution in [2.75, 3.05) is 6.54 Å². The lowest BCUT2D eigenvalue weighted by atomic mass is 10.3. The lowest BCUT2D eigenvalue weighted by Gasteiger charge is -1.99. The van der Waals surface area contributed by atoms with Gasteiger partial charge < -0.3 is 9.84 Å². The Kier molecular flexibility index (Phi) is 5.11. The summed E-state index contributed by atoms with van der Waals surface area (Å²) in [5, 5.41) is 6.91. The molecular formula is C13H14FN3OS. The van der Waals surface area contributed by atoms with Gasteiger partial charge in [-0.2, -0.15) is 4.98 Å². The van der Waals surface area contributed by atoms with E-state index in [0.717, 1.165) is 0 Å². The average molecular weight is 279 g/mol. The maximum Gasteiger partial charge on any atom is 0.240 e. The third-order valence-corrected chi connectivity index (χ3v) is 3.31. The Labute approximate surface area is 115 Å². The molecule has 2 aromatic rings. The van der Waals surface area contributed by atoms with E-state index in [4.69, 9.17) is 4.52 Å². The van der Waals surface area contributed by atoms with Gasteiger partial charge in [-0.3, -0.25) is 0 Å². The Morgan fingerprint density at radius 1 is 1.42 bits per heavy atom. The molecule has 0 radical (unpaired) electrons. The van der Waals surface area contributed by atoms with Gasteiger partial charge in [0.1, 0.15) is 5.82 Å². The van der Waals surface area contributed by atoms with Crippen LogP contribution in [-0.4, -0.2) is 16.7 Å². The zero-order valence-corrected chi connectivity index (χ0v) is 11.1. The summed E-state index contributed by atoms with van der Waals surface area (Å²) in [6.45, 7) is 4.79. The van der Waals surface area contributed by atoms with Crippen LogP contribution in [0.25, 0.3) is 0 Å². The molecular weight excluding hydrogens is 265 g/mol. The van der Waals surface area contributed by atoms with Gasteiger partial charge in [0.15, 0.2) is 5.82 Å². The van der Waals surface area contributed by atoms with Crippen molar-refractivity contribution in [2.24, 2.45) is 0 Å². The first kappa shape index (κ1) is 13.8. The highest BCUT2D eigenvalue weighted by atomic mass is 32.2.